The number of para-hydroxylation sites is 1. The highest BCUT2D eigenvalue weighted by atomic mass is 35.5. The summed E-state index contributed by atoms with van der Waals surface area (Å²) in [5.41, 5.74) is 1.03. The van der Waals surface area contributed by atoms with E-state index >= 15 is 0 Å². The number of amides is 1. The molecule has 4 aromatic rings. The van der Waals surface area contributed by atoms with E-state index in [9.17, 15) is 14.3 Å². The molecular weight excluding hydrogens is 467 g/mol. The molecule has 0 fully saturated rings. The van der Waals surface area contributed by atoms with Gasteiger partial charge >= 0.3 is 0 Å². The number of fused-ring (bicyclic) bond motifs is 1. The summed E-state index contributed by atoms with van der Waals surface area (Å²) in [5.74, 6) is -0.912. The summed E-state index contributed by atoms with van der Waals surface area (Å²) in [4.78, 5) is 25.2. The molecule has 3 heterocycles. The first-order valence-electron chi connectivity index (χ1n) is 10.2. The van der Waals surface area contributed by atoms with Crippen LogP contribution in [0.3, 0.4) is 0 Å². The summed E-state index contributed by atoms with van der Waals surface area (Å²) < 4.78 is 26.1. The number of carbonyl (C=O) groups is 1. The van der Waals surface area contributed by atoms with Crippen molar-refractivity contribution in [1.29, 1.82) is 0 Å². The number of aliphatic hydroxyl groups is 1. The Kier molecular flexibility index (Phi) is 7.26. The van der Waals surface area contributed by atoms with E-state index in [0.717, 1.165) is 6.20 Å². The van der Waals surface area contributed by atoms with E-state index in [1.54, 1.807) is 25.1 Å². The summed E-state index contributed by atoms with van der Waals surface area (Å²) in [5, 5.41) is 17.1. The summed E-state index contributed by atoms with van der Waals surface area (Å²) in [6, 6.07) is 9.61. The highest BCUT2D eigenvalue weighted by Gasteiger charge is 2.25. The Morgan fingerprint density at radius 1 is 1.21 bits per heavy atom. The zero-order chi connectivity index (χ0) is 24.1. The van der Waals surface area contributed by atoms with Crippen LogP contribution in [0.15, 0.2) is 55.1 Å². The predicted octanol–water partition coefficient (Wildman–Crippen LogP) is 2.79. The first-order valence-corrected chi connectivity index (χ1v) is 10.6. The third-order valence-corrected chi connectivity index (χ3v) is 5.04. The Morgan fingerprint density at radius 2 is 2.03 bits per heavy atom. The molecule has 1 aromatic carbocycles. The molecule has 0 bridgehead atoms. The highest BCUT2D eigenvalue weighted by Crippen LogP contribution is 2.27. The van der Waals surface area contributed by atoms with E-state index in [1.807, 2.05) is 6.07 Å². The van der Waals surface area contributed by atoms with E-state index in [1.165, 1.54) is 29.3 Å². The highest BCUT2D eigenvalue weighted by molar-refractivity contribution is 6.32. The Bertz CT molecular complexity index is 1290. The van der Waals surface area contributed by atoms with Gasteiger partial charge in [-0.1, -0.05) is 23.7 Å². The van der Waals surface area contributed by atoms with Gasteiger partial charge in [0.1, 0.15) is 23.3 Å². The van der Waals surface area contributed by atoms with E-state index in [4.69, 9.17) is 21.1 Å². The van der Waals surface area contributed by atoms with E-state index in [-0.39, 0.29) is 24.9 Å². The summed E-state index contributed by atoms with van der Waals surface area (Å²) in [6.45, 7) is 1.21. The van der Waals surface area contributed by atoms with Crippen molar-refractivity contribution in [2.24, 2.45) is 0 Å². The number of pyridine rings is 1. The SMILES string of the molecule is C[C@H](CO)OC[C@H](Oc1ncnc2c1cnn2-c1ccccc1Cl)C(=O)Nc1ccc(F)cn1. The minimum absolute atomic E-state index is 0.0933. The fraction of sp³-hybridized carbons (Fsp3) is 0.227. The molecule has 12 heteroatoms. The van der Waals surface area contributed by atoms with E-state index in [0.29, 0.717) is 21.7 Å². The molecule has 34 heavy (non-hydrogen) atoms. The van der Waals surface area contributed by atoms with Crippen molar-refractivity contribution in [3.05, 3.63) is 66.0 Å². The first-order chi connectivity index (χ1) is 16.5. The largest absolute Gasteiger partial charge is 0.461 e. The van der Waals surface area contributed by atoms with Crippen LogP contribution in [0.4, 0.5) is 10.2 Å². The van der Waals surface area contributed by atoms with Crippen molar-refractivity contribution in [2.75, 3.05) is 18.5 Å². The van der Waals surface area contributed by atoms with Crippen LogP contribution in [0.1, 0.15) is 6.92 Å². The molecule has 3 aromatic heterocycles. The Hall–Kier alpha value is -3.67. The maximum absolute atomic E-state index is 13.1. The summed E-state index contributed by atoms with van der Waals surface area (Å²) in [6.07, 6.45) is 2.05. The Labute approximate surface area is 198 Å². The molecule has 2 atom stereocenters. The molecule has 10 nitrogen and oxygen atoms in total. The van der Waals surface area contributed by atoms with Crippen LogP contribution in [0.5, 0.6) is 5.88 Å². The number of ether oxygens (including phenoxy) is 2. The maximum Gasteiger partial charge on any atom is 0.269 e. The molecule has 0 aliphatic heterocycles. The van der Waals surface area contributed by atoms with Gasteiger partial charge in [-0.15, -0.1) is 0 Å². The molecule has 0 saturated carbocycles. The number of aliphatic hydroxyl groups excluding tert-OH is 1. The lowest BCUT2D eigenvalue weighted by Crippen LogP contribution is -2.38. The minimum atomic E-state index is -1.18. The first kappa shape index (κ1) is 23.5. The van der Waals surface area contributed by atoms with Gasteiger partial charge in [-0.25, -0.2) is 24.0 Å². The number of carbonyl (C=O) groups excluding carboxylic acids is 1. The number of nitrogens with one attached hydrogen (secondary N) is 1. The third-order valence-electron chi connectivity index (χ3n) is 4.72. The standard InChI is InChI=1S/C22H20ClFN6O4/c1-13(10-31)33-11-18(21(32)29-19-7-6-14(24)8-25-19)34-22-15-9-28-30(20(15)26-12-27-22)17-5-3-2-4-16(17)23/h2-9,12-13,18,31H,10-11H2,1H3,(H,25,29,32)/t13-,18+/m1/s1. The van der Waals surface area contributed by atoms with Gasteiger partial charge in [0.2, 0.25) is 12.0 Å². The molecule has 0 spiro atoms. The molecule has 1 amide bonds. The van der Waals surface area contributed by atoms with Crippen molar-refractivity contribution >= 4 is 34.4 Å². The van der Waals surface area contributed by atoms with Crippen molar-refractivity contribution in [3.8, 4) is 11.6 Å². The van der Waals surface area contributed by atoms with Crippen molar-refractivity contribution in [1.82, 2.24) is 24.7 Å². The van der Waals surface area contributed by atoms with Crippen LogP contribution < -0.4 is 10.1 Å². The fourth-order valence-electron chi connectivity index (χ4n) is 2.98. The van der Waals surface area contributed by atoms with Gasteiger partial charge in [0.15, 0.2) is 5.65 Å². The maximum atomic E-state index is 13.1. The van der Waals surface area contributed by atoms with Gasteiger partial charge in [0.25, 0.3) is 5.91 Å². The lowest BCUT2D eigenvalue weighted by Gasteiger charge is -2.20. The number of nitrogens with zero attached hydrogens (tertiary/aromatic N) is 5. The molecule has 0 saturated heterocycles. The minimum Gasteiger partial charge on any atom is -0.461 e. The van der Waals surface area contributed by atoms with Crippen LogP contribution in [0.2, 0.25) is 5.02 Å². The van der Waals surface area contributed by atoms with E-state index < -0.39 is 23.9 Å². The van der Waals surface area contributed by atoms with Gasteiger partial charge in [0, 0.05) is 0 Å². The lowest BCUT2D eigenvalue weighted by atomic mass is 10.3. The van der Waals surface area contributed by atoms with Gasteiger partial charge in [-0.3, -0.25) is 4.79 Å². The second-order valence-electron chi connectivity index (χ2n) is 7.21. The number of rotatable bonds is 9. The normalized spacial score (nSPS) is 12.9. The van der Waals surface area contributed by atoms with Gasteiger partial charge in [0.05, 0.1) is 42.4 Å². The average molecular weight is 487 g/mol. The van der Waals surface area contributed by atoms with Crippen molar-refractivity contribution < 1.29 is 23.8 Å². The molecule has 0 radical (unpaired) electrons. The second-order valence-corrected chi connectivity index (χ2v) is 7.62. The molecular formula is C22H20ClFN6O4. The third kappa shape index (κ3) is 5.28. The van der Waals surface area contributed by atoms with Crippen LogP contribution in [-0.2, 0) is 9.53 Å². The Balaban J connectivity index is 1.62. The topological polar surface area (TPSA) is 124 Å². The average Bonchev–Trinajstić information content (AvgIpc) is 3.28. The zero-order valence-electron chi connectivity index (χ0n) is 17.9. The lowest BCUT2D eigenvalue weighted by molar-refractivity contribution is -0.127. The quantitative estimate of drug-likeness (QED) is 0.370. The second kappa shape index (κ2) is 10.5. The van der Waals surface area contributed by atoms with Crippen molar-refractivity contribution in [2.45, 2.75) is 19.1 Å². The molecule has 0 unspecified atom stereocenters. The molecule has 0 aliphatic carbocycles. The fourth-order valence-corrected chi connectivity index (χ4v) is 3.19. The number of benzene rings is 1. The van der Waals surface area contributed by atoms with Gasteiger partial charge in [-0.05, 0) is 31.2 Å². The van der Waals surface area contributed by atoms with Crippen LogP contribution in [0, 0.1) is 5.82 Å². The predicted molar refractivity (Wildman–Crippen MR) is 121 cm³/mol. The monoisotopic (exact) mass is 486 g/mol. The van der Waals surface area contributed by atoms with Crippen molar-refractivity contribution in [3.63, 3.8) is 0 Å². The van der Waals surface area contributed by atoms with Gasteiger partial charge < -0.3 is 19.9 Å². The number of hydrogen-bond acceptors (Lipinski definition) is 8. The van der Waals surface area contributed by atoms with E-state index in [2.05, 4.69) is 25.4 Å². The molecule has 176 valence electrons. The van der Waals surface area contributed by atoms with Gasteiger partial charge in [-0.2, -0.15) is 5.10 Å². The number of anilines is 1. The number of halogens is 2. The number of aromatic nitrogens is 5. The summed E-state index contributed by atoms with van der Waals surface area (Å²) >= 11 is 6.30. The summed E-state index contributed by atoms with van der Waals surface area (Å²) in [7, 11) is 0. The molecule has 0 aliphatic rings. The molecule has 2 N–H and O–H groups in total. The zero-order valence-corrected chi connectivity index (χ0v) is 18.7. The Morgan fingerprint density at radius 3 is 2.76 bits per heavy atom. The van der Waals surface area contributed by atoms with Crippen LogP contribution in [-0.4, -0.2) is 61.2 Å². The smallest absolute Gasteiger partial charge is 0.269 e. The molecule has 4 rings (SSSR count). The van der Waals surface area contributed by atoms with Crippen LogP contribution >= 0.6 is 11.6 Å². The van der Waals surface area contributed by atoms with Crippen LogP contribution in [0.25, 0.3) is 16.7 Å². The number of hydrogen-bond donors (Lipinski definition) is 2.